The van der Waals surface area contributed by atoms with Gasteiger partial charge in [-0.2, -0.15) is 0 Å². The number of aliphatic hydroxyl groups is 1. The zero-order valence-electron chi connectivity index (χ0n) is 33.2. The Kier molecular flexibility index (Phi) is 32.5. The second-order valence-corrected chi connectivity index (χ2v) is 16.4. The standard InChI is InChI=1S/C39H68O14P2/c1-4-5-6-7-8-9-10-11-12-13-16-19-22-26-35(40)27-24-29-39(43)53-37(33-52-55(47,48)51-31-36(41)30-50-54(44,45)46)32-49-38(42)28-23-20-17-14-15-18-21-25-34(2)3/h8-9,11-12,16,19,22,26,34,36-37,41H,4-7,10,13-15,17-18,20-21,23-25,27-33H2,1-3H3,(H,47,48)(H2,44,45,46)/b9-8-,12-11-,19-16-,26-22+/t36-,37+/m0/s1. The molecule has 0 heterocycles. The number of ether oxygens (including phenoxy) is 2. The number of phosphoric acid groups is 2. The largest absolute Gasteiger partial charge is 0.472 e. The minimum atomic E-state index is -4.89. The number of carbonyl (C=O) groups is 3. The molecule has 0 aliphatic heterocycles. The van der Waals surface area contributed by atoms with Crippen LogP contribution in [0, 0.1) is 5.92 Å². The summed E-state index contributed by atoms with van der Waals surface area (Å²) in [5, 5.41) is 9.71. The zero-order chi connectivity index (χ0) is 41.2. The van der Waals surface area contributed by atoms with Gasteiger partial charge in [0.25, 0.3) is 0 Å². The Hall–Kier alpha value is -2.25. The van der Waals surface area contributed by atoms with Crippen LogP contribution in [0.15, 0.2) is 48.6 Å². The summed E-state index contributed by atoms with van der Waals surface area (Å²) in [6, 6.07) is 0. The second kappa shape index (κ2) is 33.8. The van der Waals surface area contributed by atoms with Crippen LogP contribution < -0.4 is 0 Å². The first kappa shape index (κ1) is 52.8. The van der Waals surface area contributed by atoms with Crippen LogP contribution in [0.5, 0.6) is 0 Å². The number of carbonyl (C=O) groups excluding carboxylic acids is 3. The fraction of sp³-hybridized carbons (Fsp3) is 0.718. The van der Waals surface area contributed by atoms with Gasteiger partial charge in [-0.15, -0.1) is 0 Å². The van der Waals surface area contributed by atoms with Crippen LogP contribution in [-0.4, -0.2) is 76.1 Å². The molecule has 318 valence electrons. The van der Waals surface area contributed by atoms with Crippen molar-refractivity contribution in [3.8, 4) is 0 Å². The van der Waals surface area contributed by atoms with E-state index in [2.05, 4.69) is 54.1 Å². The first-order valence-corrected chi connectivity index (χ1v) is 22.7. The number of esters is 2. The Morgan fingerprint density at radius 1 is 0.636 bits per heavy atom. The van der Waals surface area contributed by atoms with Crippen LogP contribution in [0.4, 0.5) is 0 Å². The van der Waals surface area contributed by atoms with Gasteiger partial charge in [-0.3, -0.25) is 28.0 Å². The molecular formula is C39H68O14P2. The van der Waals surface area contributed by atoms with Gasteiger partial charge in [0.05, 0.1) is 19.8 Å². The summed E-state index contributed by atoms with van der Waals surface area (Å²) < 4.78 is 47.3. The average Bonchev–Trinajstić information content (AvgIpc) is 3.11. The molecule has 14 nitrogen and oxygen atoms in total. The summed E-state index contributed by atoms with van der Waals surface area (Å²) in [6.07, 6.45) is 27.3. The third kappa shape index (κ3) is 38.4. The van der Waals surface area contributed by atoms with E-state index >= 15 is 0 Å². The topological polar surface area (TPSA) is 212 Å². The molecule has 16 heteroatoms. The number of hydrogen-bond donors (Lipinski definition) is 4. The summed E-state index contributed by atoms with van der Waals surface area (Å²) in [5.74, 6) is -0.773. The molecule has 0 rings (SSSR count). The lowest BCUT2D eigenvalue weighted by atomic mass is 10.0. The molecule has 0 saturated heterocycles. The van der Waals surface area contributed by atoms with Crippen molar-refractivity contribution in [2.75, 3.05) is 26.4 Å². The molecule has 0 saturated carbocycles. The Balaban J connectivity index is 4.79. The monoisotopic (exact) mass is 822 g/mol. The van der Waals surface area contributed by atoms with E-state index in [1.165, 1.54) is 44.6 Å². The third-order valence-electron chi connectivity index (χ3n) is 7.86. The molecule has 0 aromatic carbocycles. The minimum absolute atomic E-state index is 0.0752. The molecule has 0 bridgehead atoms. The van der Waals surface area contributed by atoms with E-state index in [9.17, 15) is 33.5 Å². The fourth-order valence-corrected chi connectivity index (χ4v) is 5.99. The van der Waals surface area contributed by atoms with E-state index in [0.29, 0.717) is 12.3 Å². The molecule has 0 amide bonds. The summed E-state index contributed by atoms with van der Waals surface area (Å²) in [4.78, 5) is 64.6. The number of hydrogen-bond acceptors (Lipinski definition) is 11. The highest BCUT2D eigenvalue weighted by molar-refractivity contribution is 7.47. The highest BCUT2D eigenvalue weighted by Gasteiger charge is 2.28. The van der Waals surface area contributed by atoms with Crippen LogP contribution in [0.1, 0.15) is 136 Å². The molecule has 4 N–H and O–H groups in total. The molecule has 0 aliphatic carbocycles. The molecular weight excluding hydrogens is 754 g/mol. The number of phosphoric ester groups is 2. The summed E-state index contributed by atoms with van der Waals surface area (Å²) in [6.45, 7) is 3.65. The van der Waals surface area contributed by atoms with Gasteiger partial charge in [0.2, 0.25) is 0 Å². The number of unbranched alkanes of at least 4 members (excludes halogenated alkanes) is 9. The van der Waals surface area contributed by atoms with E-state index < -0.39 is 66.2 Å². The van der Waals surface area contributed by atoms with E-state index in [0.717, 1.165) is 44.9 Å². The maximum absolute atomic E-state index is 12.6. The molecule has 0 aliphatic rings. The Morgan fingerprint density at radius 3 is 1.91 bits per heavy atom. The van der Waals surface area contributed by atoms with Crippen LogP contribution in [-0.2, 0) is 46.6 Å². The quantitative estimate of drug-likeness (QED) is 0.0116. The predicted molar refractivity (Wildman–Crippen MR) is 212 cm³/mol. The van der Waals surface area contributed by atoms with E-state index in [-0.39, 0.29) is 31.5 Å². The number of allylic oxidation sites excluding steroid dienone is 8. The first-order valence-electron chi connectivity index (χ1n) is 19.6. The lowest BCUT2D eigenvalue weighted by Gasteiger charge is -2.20. The van der Waals surface area contributed by atoms with Crippen molar-refractivity contribution >= 4 is 33.4 Å². The van der Waals surface area contributed by atoms with Crippen molar-refractivity contribution in [3.05, 3.63) is 48.6 Å². The first-order chi connectivity index (χ1) is 26.1. The van der Waals surface area contributed by atoms with E-state index in [1.54, 1.807) is 12.2 Å². The highest BCUT2D eigenvalue weighted by atomic mass is 31.2. The lowest BCUT2D eigenvalue weighted by Crippen LogP contribution is -2.30. The van der Waals surface area contributed by atoms with Crippen molar-refractivity contribution in [1.29, 1.82) is 0 Å². The number of rotatable bonds is 36. The predicted octanol–water partition coefficient (Wildman–Crippen LogP) is 8.54. The van der Waals surface area contributed by atoms with Gasteiger partial charge in [0, 0.05) is 19.3 Å². The van der Waals surface area contributed by atoms with Crippen molar-refractivity contribution in [1.82, 2.24) is 0 Å². The van der Waals surface area contributed by atoms with Gasteiger partial charge < -0.3 is 29.3 Å². The van der Waals surface area contributed by atoms with Crippen LogP contribution in [0.2, 0.25) is 0 Å². The molecule has 0 aromatic heterocycles. The molecule has 3 atom stereocenters. The highest BCUT2D eigenvalue weighted by Crippen LogP contribution is 2.43. The summed E-state index contributed by atoms with van der Waals surface area (Å²) >= 11 is 0. The minimum Gasteiger partial charge on any atom is -0.462 e. The maximum Gasteiger partial charge on any atom is 0.472 e. The molecule has 0 fully saturated rings. The summed E-state index contributed by atoms with van der Waals surface area (Å²) in [5.41, 5.74) is 0. The van der Waals surface area contributed by atoms with Gasteiger partial charge in [-0.05, 0) is 50.5 Å². The average molecular weight is 823 g/mol. The molecule has 0 spiro atoms. The third-order valence-corrected chi connectivity index (χ3v) is 9.30. The van der Waals surface area contributed by atoms with Crippen molar-refractivity contribution in [2.24, 2.45) is 5.92 Å². The molecule has 1 unspecified atom stereocenters. The smallest absolute Gasteiger partial charge is 0.462 e. The van der Waals surface area contributed by atoms with Gasteiger partial charge in [0.15, 0.2) is 11.9 Å². The van der Waals surface area contributed by atoms with Gasteiger partial charge in [-0.1, -0.05) is 121 Å². The second-order valence-electron chi connectivity index (χ2n) is 13.7. The summed E-state index contributed by atoms with van der Waals surface area (Å²) in [7, 11) is -9.75. The lowest BCUT2D eigenvalue weighted by molar-refractivity contribution is -0.161. The van der Waals surface area contributed by atoms with E-state index in [1.807, 2.05) is 6.08 Å². The number of aliphatic hydroxyl groups excluding tert-OH is 1. The van der Waals surface area contributed by atoms with Gasteiger partial charge >= 0.3 is 27.6 Å². The zero-order valence-corrected chi connectivity index (χ0v) is 35.0. The van der Waals surface area contributed by atoms with Gasteiger partial charge in [0.1, 0.15) is 12.7 Å². The fourth-order valence-electron chi connectivity index (χ4n) is 4.84. The molecule has 55 heavy (non-hydrogen) atoms. The van der Waals surface area contributed by atoms with E-state index in [4.69, 9.17) is 23.8 Å². The van der Waals surface area contributed by atoms with Crippen molar-refractivity contribution in [3.63, 3.8) is 0 Å². The van der Waals surface area contributed by atoms with Crippen LogP contribution >= 0.6 is 15.6 Å². The van der Waals surface area contributed by atoms with Crippen molar-refractivity contribution in [2.45, 2.75) is 149 Å². The van der Waals surface area contributed by atoms with Gasteiger partial charge in [-0.25, -0.2) is 9.13 Å². The van der Waals surface area contributed by atoms with Crippen LogP contribution in [0.25, 0.3) is 0 Å². The molecule has 0 radical (unpaired) electrons. The Bertz CT molecular complexity index is 1240. The van der Waals surface area contributed by atoms with Crippen molar-refractivity contribution < 1.29 is 66.3 Å². The normalized spacial score (nSPS) is 14.7. The number of ketones is 1. The SMILES string of the molecule is CCCCC/C=C\C/C=C\C/C=C\C=C\C(=O)CCCC(=O)O[C@H](COC(=O)CCCCCCCCCC(C)C)COP(=O)(O)OC[C@@H](O)COP(=O)(O)O. The molecule has 0 aromatic rings. The Morgan fingerprint density at radius 2 is 1.24 bits per heavy atom. The maximum atomic E-state index is 12.6. The Labute approximate surface area is 328 Å². The van der Waals surface area contributed by atoms with Crippen LogP contribution in [0.3, 0.4) is 0 Å².